The molecule has 0 radical (unpaired) electrons. The molecule has 0 bridgehead atoms. The lowest BCUT2D eigenvalue weighted by Crippen LogP contribution is -2.31. The van der Waals surface area contributed by atoms with Gasteiger partial charge in [-0.15, -0.1) is 0 Å². The molecule has 0 N–H and O–H groups in total. The normalized spacial score (nSPS) is 10.1. The van der Waals surface area contributed by atoms with Crippen molar-refractivity contribution >= 4 is 5.91 Å². The van der Waals surface area contributed by atoms with Crippen LogP contribution in [-0.2, 0) is 0 Å². The van der Waals surface area contributed by atoms with Crippen LogP contribution in [0, 0.1) is 12.7 Å². The highest BCUT2D eigenvalue weighted by molar-refractivity contribution is 5.95. The third kappa shape index (κ3) is 2.35. The number of nitrogens with zero attached hydrogens (tertiary/aromatic N) is 1. The summed E-state index contributed by atoms with van der Waals surface area (Å²) >= 11 is 0. The summed E-state index contributed by atoms with van der Waals surface area (Å²) in [6.45, 7) is 6.74. The quantitative estimate of drug-likeness (QED) is 0.749. The van der Waals surface area contributed by atoms with E-state index in [-0.39, 0.29) is 11.7 Å². The molecular weight excluding hydrogens is 193 g/mol. The van der Waals surface area contributed by atoms with E-state index in [1.165, 1.54) is 6.07 Å². The van der Waals surface area contributed by atoms with E-state index in [0.29, 0.717) is 24.2 Å². The van der Waals surface area contributed by atoms with Gasteiger partial charge in [-0.05, 0) is 38.5 Å². The Morgan fingerprint density at radius 3 is 2.47 bits per heavy atom. The fourth-order valence-corrected chi connectivity index (χ4v) is 1.52. The van der Waals surface area contributed by atoms with Gasteiger partial charge in [0, 0.05) is 18.7 Å². The Morgan fingerprint density at radius 2 is 1.93 bits per heavy atom. The van der Waals surface area contributed by atoms with E-state index in [9.17, 15) is 9.18 Å². The Bertz CT molecular complexity index is 359. The topological polar surface area (TPSA) is 20.3 Å². The molecule has 0 aliphatic carbocycles. The van der Waals surface area contributed by atoms with Crippen molar-refractivity contribution in [2.24, 2.45) is 0 Å². The molecular formula is C12H16FNO. The molecule has 0 saturated carbocycles. The Balaban J connectivity index is 3.05. The summed E-state index contributed by atoms with van der Waals surface area (Å²) in [5, 5.41) is 0. The maximum absolute atomic E-state index is 13.2. The summed E-state index contributed by atoms with van der Waals surface area (Å²) in [6.07, 6.45) is 0. The van der Waals surface area contributed by atoms with Crippen LogP contribution in [-0.4, -0.2) is 23.9 Å². The maximum Gasteiger partial charge on any atom is 0.254 e. The van der Waals surface area contributed by atoms with Crippen LogP contribution in [0.3, 0.4) is 0 Å². The van der Waals surface area contributed by atoms with Gasteiger partial charge in [0.15, 0.2) is 0 Å². The highest BCUT2D eigenvalue weighted by Crippen LogP contribution is 2.14. The van der Waals surface area contributed by atoms with Crippen molar-refractivity contribution in [3.63, 3.8) is 0 Å². The smallest absolute Gasteiger partial charge is 0.254 e. The van der Waals surface area contributed by atoms with Gasteiger partial charge in [0.2, 0.25) is 0 Å². The largest absolute Gasteiger partial charge is 0.339 e. The zero-order valence-corrected chi connectivity index (χ0v) is 9.38. The van der Waals surface area contributed by atoms with E-state index in [1.807, 2.05) is 13.8 Å². The summed E-state index contributed by atoms with van der Waals surface area (Å²) in [4.78, 5) is 13.6. The molecule has 1 rings (SSSR count). The maximum atomic E-state index is 13.2. The SMILES string of the molecule is CCN(CC)C(=O)c1cccc(F)c1C. The molecule has 82 valence electrons. The molecule has 1 aromatic carbocycles. The lowest BCUT2D eigenvalue weighted by molar-refractivity contribution is 0.0771. The predicted molar refractivity (Wildman–Crippen MR) is 58.4 cm³/mol. The third-order valence-electron chi connectivity index (χ3n) is 2.55. The summed E-state index contributed by atoms with van der Waals surface area (Å²) in [5.74, 6) is -0.426. The summed E-state index contributed by atoms with van der Waals surface area (Å²) in [7, 11) is 0. The molecule has 2 nitrogen and oxygen atoms in total. The molecule has 3 heteroatoms. The van der Waals surface area contributed by atoms with Crippen molar-refractivity contribution in [3.05, 3.63) is 35.1 Å². The number of hydrogen-bond acceptors (Lipinski definition) is 1. The van der Waals surface area contributed by atoms with E-state index in [4.69, 9.17) is 0 Å². The molecule has 1 aromatic rings. The summed E-state index contributed by atoms with van der Waals surface area (Å²) in [6, 6.07) is 4.60. The predicted octanol–water partition coefficient (Wildman–Crippen LogP) is 2.62. The van der Waals surface area contributed by atoms with Crippen LogP contribution in [0.25, 0.3) is 0 Å². The minimum atomic E-state index is -0.326. The average Bonchev–Trinajstić information content (AvgIpc) is 2.23. The Kier molecular flexibility index (Phi) is 3.83. The molecule has 1 amide bonds. The van der Waals surface area contributed by atoms with E-state index in [0.717, 1.165) is 0 Å². The molecule has 0 aliphatic heterocycles. The Hall–Kier alpha value is -1.38. The van der Waals surface area contributed by atoms with Gasteiger partial charge in [0.25, 0.3) is 5.91 Å². The fraction of sp³-hybridized carbons (Fsp3) is 0.417. The summed E-state index contributed by atoms with van der Waals surface area (Å²) in [5.41, 5.74) is 0.883. The van der Waals surface area contributed by atoms with Gasteiger partial charge in [-0.3, -0.25) is 4.79 Å². The zero-order chi connectivity index (χ0) is 11.4. The minimum absolute atomic E-state index is 0.1000. The number of carbonyl (C=O) groups is 1. The monoisotopic (exact) mass is 209 g/mol. The van der Waals surface area contributed by atoms with E-state index >= 15 is 0 Å². The highest BCUT2D eigenvalue weighted by Gasteiger charge is 2.15. The lowest BCUT2D eigenvalue weighted by atomic mass is 10.1. The molecule has 0 heterocycles. The first kappa shape index (κ1) is 11.7. The van der Waals surface area contributed by atoms with E-state index in [2.05, 4.69) is 0 Å². The first-order valence-electron chi connectivity index (χ1n) is 5.16. The average molecular weight is 209 g/mol. The number of amides is 1. The van der Waals surface area contributed by atoms with Gasteiger partial charge in [0.1, 0.15) is 5.82 Å². The molecule has 0 aliphatic rings. The van der Waals surface area contributed by atoms with Crippen molar-refractivity contribution in [2.75, 3.05) is 13.1 Å². The van der Waals surface area contributed by atoms with Gasteiger partial charge >= 0.3 is 0 Å². The van der Waals surface area contributed by atoms with Crippen LogP contribution in [0.1, 0.15) is 29.8 Å². The lowest BCUT2D eigenvalue weighted by Gasteiger charge is -2.19. The molecule has 15 heavy (non-hydrogen) atoms. The van der Waals surface area contributed by atoms with Crippen LogP contribution in [0.5, 0.6) is 0 Å². The van der Waals surface area contributed by atoms with Gasteiger partial charge in [-0.25, -0.2) is 4.39 Å². The summed E-state index contributed by atoms with van der Waals surface area (Å²) < 4.78 is 13.2. The van der Waals surface area contributed by atoms with E-state index in [1.54, 1.807) is 24.0 Å². The van der Waals surface area contributed by atoms with Crippen LogP contribution in [0.15, 0.2) is 18.2 Å². The minimum Gasteiger partial charge on any atom is -0.339 e. The van der Waals surface area contributed by atoms with Crippen LogP contribution in [0.4, 0.5) is 4.39 Å². The molecule has 0 unspecified atom stereocenters. The molecule has 0 saturated heterocycles. The molecule has 0 aromatic heterocycles. The van der Waals surface area contributed by atoms with Crippen molar-refractivity contribution in [2.45, 2.75) is 20.8 Å². The first-order chi connectivity index (χ1) is 7.11. The van der Waals surface area contributed by atoms with E-state index < -0.39 is 0 Å². The van der Waals surface area contributed by atoms with Gasteiger partial charge in [-0.1, -0.05) is 6.07 Å². The zero-order valence-electron chi connectivity index (χ0n) is 9.38. The number of rotatable bonds is 3. The number of halogens is 1. The Labute approximate surface area is 89.7 Å². The second-order valence-electron chi connectivity index (χ2n) is 3.39. The van der Waals surface area contributed by atoms with Crippen molar-refractivity contribution in [3.8, 4) is 0 Å². The number of benzene rings is 1. The Morgan fingerprint density at radius 1 is 1.33 bits per heavy atom. The van der Waals surface area contributed by atoms with Crippen LogP contribution in [0.2, 0.25) is 0 Å². The number of hydrogen-bond donors (Lipinski definition) is 0. The van der Waals surface area contributed by atoms with Gasteiger partial charge in [0.05, 0.1) is 0 Å². The van der Waals surface area contributed by atoms with Crippen molar-refractivity contribution in [1.29, 1.82) is 0 Å². The first-order valence-corrected chi connectivity index (χ1v) is 5.16. The van der Waals surface area contributed by atoms with Gasteiger partial charge in [-0.2, -0.15) is 0 Å². The second kappa shape index (κ2) is 4.91. The fourth-order valence-electron chi connectivity index (χ4n) is 1.52. The van der Waals surface area contributed by atoms with Gasteiger partial charge < -0.3 is 4.90 Å². The third-order valence-corrected chi connectivity index (χ3v) is 2.55. The number of carbonyl (C=O) groups excluding carboxylic acids is 1. The second-order valence-corrected chi connectivity index (χ2v) is 3.39. The standard InChI is InChI=1S/C12H16FNO/c1-4-14(5-2)12(15)10-7-6-8-11(13)9(10)3/h6-8H,4-5H2,1-3H3. The molecule has 0 fully saturated rings. The molecule has 0 atom stereocenters. The van der Waals surface area contributed by atoms with Crippen molar-refractivity contribution in [1.82, 2.24) is 4.90 Å². The van der Waals surface area contributed by atoms with Crippen LogP contribution < -0.4 is 0 Å². The molecule has 0 spiro atoms. The highest BCUT2D eigenvalue weighted by atomic mass is 19.1. The van der Waals surface area contributed by atoms with Crippen LogP contribution >= 0.6 is 0 Å². The van der Waals surface area contributed by atoms with Crippen molar-refractivity contribution < 1.29 is 9.18 Å².